The Kier molecular flexibility index (Phi) is 6.53. The molecule has 0 radical (unpaired) electrons. The highest BCUT2D eigenvalue weighted by molar-refractivity contribution is 6.35. The largest absolute Gasteiger partial charge is 0.493 e. The van der Waals surface area contributed by atoms with Crippen molar-refractivity contribution in [2.75, 3.05) is 26.8 Å². The Bertz CT molecular complexity index is 910. The summed E-state index contributed by atoms with van der Waals surface area (Å²) in [7, 11) is 1.67. The van der Waals surface area contributed by atoms with Gasteiger partial charge in [-0.2, -0.15) is 0 Å². The van der Waals surface area contributed by atoms with Gasteiger partial charge in [-0.3, -0.25) is 4.90 Å². The monoisotopic (exact) mass is 406 g/mol. The fourth-order valence-electron chi connectivity index (χ4n) is 3.66. The van der Waals surface area contributed by atoms with Gasteiger partial charge in [-0.05, 0) is 30.2 Å². The molecule has 0 atom stereocenters. The number of fused-ring (bicyclic) bond motifs is 3. The molecule has 0 saturated heterocycles. The van der Waals surface area contributed by atoms with Crippen LogP contribution in [0.1, 0.15) is 17.7 Å². The maximum Gasteiger partial charge on any atom is 0.161 e. The van der Waals surface area contributed by atoms with Gasteiger partial charge >= 0.3 is 0 Å². The summed E-state index contributed by atoms with van der Waals surface area (Å²) in [4.78, 5) is 6.00. The van der Waals surface area contributed by atoms with Gasteiger partial charge in [-0.25, -0.2) is 0 Å². The molecule has 0 spiro atoms. The maximum absolute atomic E-state index is 6.33. The number of rotatable bonds is 6. The quantitative estimate of drug-likeness (QED) is 0.579. The number of nitrogens with one attached hydrogen (secondary N) is 1. The summed E-state index contributed by atoms with van der Waals surface area (Å²) in [5, 5.41) is 2.05. The van der Waals surface area contributed by atoms with Gasteiger partial charge < -0.3 is 14.5 Å². The van der Waals surface area contributed by atoms with Crippen molar-refractivity contribution in [1.82, 2.24) is 9.88 Å². The Hall–Kier alpha value is -1.88. The van der Waals surface area contributed by atoms with Crippen LogP contribution < -0.4 is 9.47 Å². The lowest BCUT2D eigenvalue weighted by Gasteiger charge is -2.27. The average molecular weight is 407 g/mol. The molecule has 1 N–H and O–H groups in total. The standard InChI is InChI=1S/C21H23ClN2O2.ClH/c1-25-19-8-2-3-9-20(19)26-13-5-11-24-12-10-18-16(14-24)15-6-4-7-17(22)21(15)23-18;/h2-4,6-9,23H,5,10-14H2,1H3;1H. The zero-order valence-corrected chi connectivity index (χ0v) is 16.9. The summed E-state index contributed by atoms with van der Waals surface area (Å²) in [6, 6.07) is 13.9. The Labute approximate surface area is 170 Å². The van der Waals surface area contributed by atoms with E-state index in [1.54, 1.807) is 7.11 Å². The number of benzene rings is 2. The molecule has 0 unspecified atom stereocenters. The fourth-order valence-corrected chi connectivity index (χ4v) is 3.88. The molecule has 0 bridgehead atoms. The normalized spacial score (nSPS) is 13.9. The lowest BCUT2D eigenvalue weighted by Crippen LogP contribution is -2.31. The first kappa shape index (κ1) is 19.9. The van der Waals surface area contributed by atoms with Crippen LogP contribution in [-0.2, 0) is 13.0 Å². The van der Waals surface area contributed by atoms with Gasteiger partial charge in [0.05, 0.1) is 24.3 Å². The van der Waals surface area contributed by atoms with Gasteiger partial charge in [0.1, 0.15) is 0 Å². The molecule has 1 aromatic heterocycles. The molecule has 0 amide bonds. The number of nitrogens with zero attached hydrogens (tertiary/aromatic N) is 1. The van der Waals surface area contributed by atoms with Crippen molar-refractivity contribution < 1.29 is 9.47 Å². The minimum absolute atomic E-state index is 0. The lowest BCUT2D eigenvalue weighted by molar-refractivity contribution is 0.218. The van der Waals surface area contributed by atoms with Crippen molar-refractivity contribution in [3.63, 3.8) is 0 Å². The van der Waals surface area contributed by atoms with Crippen molar-refractivity contribution in [2.45, 2.75) is 19.4 Å². The van der Waals surface area contributed by atoms with E-state index in [1.165, 1.54) is 16.6 Å². The van der Waals surface area contributed by atoms with E-state index >= 15 is 0 Å². The number of hydrogen-bond acceptors (Lipinski definition) is 3. The molecule has 2 aromatic carbocycles. The van der Waals surface area contributed by atoms with Gasteiger partial charge in [-0.1, -0.05) is 35.9 Å². The molecule has 4 nitrogen and oxygen atoms in total. The highest BCUT2D eigenvalue weighted by Crippen LogP contribution is 2.31. The Morgan fingerprint density at radius 1 is 1.11 bits per heavy atom. The predicted molar refractivity (Wildman–Crippen MR) is 113 cm³/mol. The summed E-state index contributed by atoms with van der Waals surface area (Å²) in [6.45, 7) is 3.72. The van der Waals surface area contributed by atoms with E-state index in [1.807, 2.05) is 36.4 Å². The van der Waals surface area contributed by atoms with Gasteiger partial charge in [0.25, 0.3) is 0 Å². The van der Waals surface area contributed by atoms with E-state index in [2.05, 4.69) is 16.0 Å². The number of H-pyrrole nitrogens is 1. The number of halogens is 2. The minimum atomic E-state index is 0. The molecule has 27 heavy (non-hydrogen) atoms. The summed E-state index contributed by atoms with van der Waals surface area (Å²) in [6.07, 6.45) is 2.02. The van der Waals surface area contributed by atoms with E-state index in [9.17, 15) is 0 Å². The van der Waals surface area contributed by atoms with Crippen molar-refractivity contribution in [1.29, 1.82) is 0 Å². The van der Waals surface area contributed by atoms with Crippen molar-refractivity contribution in [3.05, 3.63) is 58.7 Å². The number of aromatic amines is 1. The lowest BCUT2D eigenvalue weighted by atomic mass is 10.0. The Morgan fingerprint density at radius 2 is 1.93 bits per heavy atom. The van der Waals surface area contributed by atoms with Crippen LogP contribution in [0, 0.1) is 0 Å². The van der Waals surface area contributed by atoms with Crippen molar-refractivity contribution in [3.8, 4) is 11.5 Å². The Morgan fingerprint density at radius 3 is 2.74 bits per heavy atom. The van der Waals surface area contributed by atoms with Crippen LogP contribution >= 0.6 is 24.0 Å². The van der Waals surface area contributed by atoms with E-state index in [0.717, 1.165) is 54.5 Å². The van der Waals surface area contributed by atoms with Gasteiger partial charge in [0.2, 0.25) is 0 Å². The second kappa shape index (κ2) is 8.87. The topological polar surface area (TPSA) is 37.5 Å². The van der Waals surface area contributed by atoms with E-state index in [-0.39, 0.29) is 12.4 Å². The third-order valence-corrected chi connectivity index (χ3v) is 5.30. The van der Waals surface area contributed by atoms with Crippen LogP contribution in [-0.4, -0.2) is 36.7 Å². The first-order chi connectivity index (χ1) is 12.8. The molecule has 0 saturated carbocycles. The minimum Gasteiger partial charge on any atom is -0.493 e. The Balaban J connectivity index is 0.00000210. The van der Waals surface area contributed by atoms with Crippen molar-refractivity contribution >= 4 is 34.9 Å². The number of methoxy groups -OCH3 is 1. The second-order valence-corrected chi connectivity index (χ2v) is 7.03. The predicted octanol–water partition coefficient (Wildman–Crippen LogP) is 5.08. The molecule has 3 aromatic rings. The molecule has 2 heterocycles. The average Bonchev–Trinajstić information content (AvgIpc) is 3.05. The summed E-state index contributed by atoms with van der Waals surface area (Å²) >= 11 is 6.33. The van der Waals surface area contributed by atoms with E-state index in [0.29, 0.717) is 6.61 Å². The first-order valence-electron chi connectivity index (χ1n) is 9.02. The first-order valence-corrected chi connectivity index (χ1v) is 9.40. The molecular weight excluding hydrogens is 383 g/mol. The van der Waals surface area contributed by atoms with Crippen LogP contribution in [0.15, 0.2) is 42.5 Å². The third kappa shape index (κ3) is 4.18. The molecule has 4 rings (SSSR count). The zero-order valence-electron chi connectivity index (χ0n) is 15.3. The molecule has 1 aliphatic rings. The number of para-hydroxylation sites is 3. The van der Waals surface area contributed by atoms with Gasteiger partial charge in [0, 0.05) is 37.1 Å². The third-order valence-electron chi connectivity index (χ3n) is 4.98. The summed E-state index contributed by atoms with van der Waals surface area (Å²) in [5.41, 5.74) is 3.79. The zero-order chi connectivity index (χ0) is 17.9. The van der Waals surface area contributed by atoms with Crippen LogP contribution in [0.4, 0.5) is 0 Å². The summed E-state index contributed by atoms with van der Waals surface area (Å²) in [5.74, 6) is 1.59. The maximum atomic E-state index is 6.33. The smallest absolute Gasteiger partial charge is 0.161 e. The van der Waals surface area contributed by atoms with E-state index in [4.69, 9.17) is 21.1 Å². The van der Waals surface area contributed by atoms with E-state index < -0.39 is 0 Å². The molecule has 144 valence electrons. The second-order valence-electron chi connectivity index (χ2n) is 6.62. The van der Waals surface area contributed by atoms with Crippen LogP contribution in [0.3, 0.4) is 0 Å². The molecule has 6 heteroatoms. The van der Waals surface area contributed by atoms with Crippen LogP contribution in [0.25, 0.3) is 10.9 Å². The van der Waals surface area contributed by atoms with Crippen molar-refractivity contribution in [2.24, 2.45) is 0 Å². The number of aromatic nitrogens is 1. The summed E-state index contributed by atoms with van der Waals surface area (Å²) < 4.78 is 11.2. The van der Waals surface area contributed by atoms with Gasteiger partial charge in [0.15, 0.2) is 11.5 Å². The molecule has 0 fully saturated rings. The fraction of sp³-hybridized carbons (Fsp3) is 0.333. The molecule has 1 aliphatic heterocycles. The van der Waals surface area contributed by atoms with Crippen LogP contribution in [0.5, 0.6) is 11.5 Å². The van der Waals surface area contributed by atoms with Gasteiger partial charge in [-0.15, -0.1) is 12.4 Å². The number of ether oxygens (including phenoxy) is 2. The molecule has 0 aliphatic carbocycles. The SMILES string of the molecule is COc1ccccc1OCCCN1CCc2[nH]c3c(Cl)cccc3c2C1.Cl. The highest BCUT2D eigenvalue weighted by atomic mass is 35.5. The highest BCUT2D eigenvalue weighted by Gasteiger charge is 2.21. The van der Waals surface area contributed by atoms with Crippen LogP contribution in [0.2, 0.25) is 5.02 Å². The molecular formula is C21H24Cl2N2O2. The number of hydrogen-bond donors (Lipinski definition) is 1.